The van der Waals surface area contributed by atoms with Crippen molar-refractivity contribution in [2.45, 2.75) is 58.3 Å². The van der Waals surface area contributed by atoms with Crippen LogP contribution >= 0.6 is 0 Å². The van der Waals surface area contributed by atoms with Crippen LogP contribution in [0.3, 0.4) is 0 Å². The number of benzene rings is 2. The van der Waals surface area contributed by atoms with Crippen molar-refractivity contribution in [3.8, 4) is 0 Å². The van der Waals surface area contributed by atoms with Gasteiger partial charge in [0.25, 0.3) is 11.8 Å². The predicted octanol–water partition coefficient (Wildman–Crippen LogP) is 3.59. The summed E-state index contributed by atoms with van der Waals surface area (Å²) < 4.78 is 0. The number of nitrogens with zero attached hydrogens (tertiary/aromatic N) is 2. The van der Waals surface area contributed by atoms with Crippen LogP contribution in [-0.2, 0) is 20.4 Å². The van der Waals surface area contributed by atoms with E-state index in [-0.39, 0.29) is 23.6 Å². The molecule has 4 rings (SSSR count). The maximum absolute atomic E-state index is 13.1. The van der Waals surface area contributed by atoms with Crippen molar-refractivity contribution in [3.63, 3.8) is 0 Å². The standard InChI is InChI=1S/C29H35N3O4/c1-19-12-13-21-23(18-19)29(4,5)27(36)32(25(21)34)17-9-15-30-14-8-16-31-24(33)20-10-6-7-11-22(20)28(2,3)26(31)35/h6-7,10-13,18,30H,8-9,14-17H2,1-5H3. The summed E-state index contributed by atoms with van der Waals surface area (Å²) >= 11 is 0. The van der Waals surface area contributed by atoms with Crippen molar-refractivity contribution >= 4 is 23.6 Å². The van der Waals surface area contributed by atoms with E-state index in [1.54, 1.807) is 6.07 Å². The highest BCUT2D eigenvalue weighted by Crippen LogP contribution is 2.36. The molecule has 2 heterocycles. The molecule has 2 aromatic carbocycles. The minimum Gasteiger partial charge on any atom is -0.317 e. The van der Waals surface area contributed by atoms with Crippen molar-refractivity contribution in [2.24, 2.45) is 0 Å². The number of nitrogens with one attached hydrogen (secondary N) is 1. The van der Waals surface area contributed by atoms with Gasteiger partial charge in [-0.2, -0.15) is 0 Å². The zero-order chi connectivity index (χ0) is 26.3. The van der Waals surface area contributed by atoms with Crippen LogP contribution in [0.1, 0.15) is 77.9 Å². The van der Waals surface area contributed by atoms with E-state index in [9.17, 15) is 19.2 Å². The SMILES string of the molecule is Cc1ccc2c(c1)C(C)(C)C(=O)N(CCCNCCCN1C(=O)c3ccccc3C(C)(C)C1=O)C2=O. The molecule has 0 bridgehead atoms. The van der Waals surface area contributed by atoms with Crippen molar-refractivity contribution in [1.29, 1.82) is 0 Å². The summed E-state index contributed by atoms with van der Waals surface area (Å²) in [4.78, 5) is 54.7. The Hall–Kier alpha value is -3.32. The van der Waals surface area contributed by atoms with Gasteiger partial charge >= 0.3 is 0 Å². The van der Waals surface area contributed by atoms with E-state index < -0.39 is 10.8 Å². The lowest BCUT2D eigenvalue weighted by atomic mass is 9.76. The summed E-state index contributed by atoms with van der Waals surface area (Å²) in [5.41, 5.74) is 2.29. The maximum Gasteiger partial charge on any atom is 0.260 e. The van der Waals surface area contributed by atoms with Crippen LogP contribution in [0.4, 0.5) is 0 Å². The van der Waals surface area contributed by atoms with Crippen LogP contribution in [0.15, 0.2) is 42.5 Å². The molecule has 0 radical (unpaired) electrons. The van der Waals surface area contributed by atoms with Crippen LogP contribution in [0.2, 0.25) is 0 Å². The smallest absolute Gasteiger partial charge is 0.260 e. The van der Waals surface area contributed by atoms with E-state index in [1.165, 1.54) is 9.80 Å². The van der Waals surface area contributed by atoms with E-state index in [0.717, 1.165) is 16.7 Å². The molecule has 0 spiro atoms. The van der Waals surface area contributed by atoms with Gasteiger partial charge in [0, 0.05) is 24.2 Å². The van der Waals surface area contributed by atoms with Gasteiger partial charge in [0.1, 0.15) is 0 Å². The third kappa shape index (κ3) is 4.37. The first-order chi connectivity index (χ1) is 17.0. The Morgan fingerprint density at radius 1 is 0.694 bits per heavy atom. The molecule has 0 fully saturated rings. The number of amides is 4. The fourth-order valence-electron chi connectivity index (χ4n) is 5.21. The molecular weight excluding hydrogens is 454 g/mol. The zero-order valence-electron chi connectivity index (χ0n) is 21.8. The van der Waals surface area contributed by atoms with Crippen LogP contribution < -0.4 is 5.32 Å². The fourth-order valence-corrected chi connectivity index (χ4v) is 5.21. The summed E-state index contributed by atoms with van der Waals surface area (Å²) in [6.07, 6.45) is 1.24. The second-order valence-corrected chi connectivity index (χ2v) is 10.8. The quantitative estimate of drug-likeness (QED) is 0.452. The molecule has 0 aliphatic carbocycles. The number of carbonyl (C=O) groups excluding carboxylic acids is 4. The highest BCUT2D eigenvalue weighted by atomic mass is 16.2. The third-order valence-electron chi connectivity index (χ3n) is 7.43. The summed E-state index contributed by atoms with van der Waals surface area (Å²) in [5, 5.41) is 3.31. The number of carbonyl (C=O) groups is 4. The highest BCUT2D eigenvalue weighted by molar-refractivity contribution is 6.13. The molecule has 2 aromatic rings. The van der Waals surface area contributed by atoms with Crippen LogP contribution in [-0.4, -0.2) is 59.6 Å². The Labute approximate surface area is 212 Å². The lowest BCUT2D eigenvalue weighted by Gasteiger charge is -2.37. The average Bonchev–Trinajstić information content (AvgIpc) is 2.85. The molecule has 7 heteroatoms. The molecule has 1 N–H and O–H groups in total. The molecule has 4 amide bonds. The first-order valence-corrected chi connectivity index (χ1v) is 12.6. The van der Waals surface area contributed by atoms with E-state index in [0.29, 0.717) is 50.1 Å². The normalized spacial score (nSPS) is 18.4. The third-order valence-corrected chi connectivity index (χ3v) is 7.43. The fraction of sp³-hybridized carbons (Fsp3) is 0.448. The molecule has 2 aliphatic rings. The molecule has 0 aromatic heterocycles. The van der Waals surface area contributed by atoms with Gasteiger partial charge in [-0.25, -0.2) is 0 Å². The number of aryl methyl sites for hydroxylation is 1. The number of fused-ring (bicyclic) bond motifs is 2. The zero-order valence-corrected chi connectivity index (χ0v) is 21.8. The second-order valence-electron chi connectivity index (χ2n) is 10.8. The number of hydrogen-bond donors (Lipinski definition) is 1. The molecule has 0 atom stereocenters. The summed E-state index contributed by atoms with van der Waals surface area (Å²) in [5.74, 6) is -0.823. The van der Waals surface area contributed by atoms with Crippen molar-refractivity contribution in [3.05, 3.63) is 70.3 Å². The lowest BCUT2D eigenvalue weighted by molar-refractivity contribution is -0.135. The first kappa shape index (κ1) is 25.8. The Kier molecular flexibility index (Phi) is 6.88. The van der Waals surface area contributed by atoms with Crippen LogP contribution in [0.25, 0.3) is 0 Å². The Balaban J connectivity index is 1.27. The maximum atomic E-state index is 13.1. The van der Waals surface area contributed by atoms with E-state index in [2.05, 4.69) is 5.32 Å². The summed E-state index contributed by atoms with van der Waals surface area (Å²) in [6.45, 7) is 11.3. The summed E-state index contributed by atoms with van der Waals surface area (Å²) in [7, 11) is 0. The van der Waals surface area contributed by atoms with Gasteiger partial charge in [-0.1, -0.05) is 35.9 Å². The van der Waals surface area contributed by atoms with Crippen LogP contribution in [0.5, 0.6) is 0 Å². The monoisotopic (exact) mass is 489 g/mol. The number of hydrogen-bond acceptors (Lipinski definition) is 5. The van der Waals surface area contributed by atoms with Crippen molar-refractivity contribution < 1.29 is 19.2 Å². The van der Waals surface area contributed by atoms with E-state index >= 15 is 0 Å². The topological polar surface area (TPSA) is 86.8 Å². The highest BCUT2D eigenvalue weighted by Gasteiger charge is 2.45. The lowest BCUT2D eigenvalue weighted by Crippen LogP contribution is -2.52. The van der Waals surface area contributed by atoms with Gasteiger partial charge in [0.15, 0.2) is 0 Å². The Bertz CT molecular complexity index is 1230. The number of rotatable bonds is 8. The Morgan fingerprint density at radius 2 is 1.19 bits per heavy atom. The minimum atomic E-state index is -0.747. The van der Waals surface area contributed by atoms with E-state index in [1.807, 2.05) is 71.0 Å². The van der Waals surface area contributed by atoms with Gasteiger partial charge in [-0.3, -0.25) is 29.0 Å². The van der Waals surface area contributed by atoms with Crippen molar-refractivity contribution in [1.82, 2.24) is 15.1 Å². The van der Waals surface area contributed by atoms with Crippen molar-refractivity contribution in [2.75, 3.05) is 26.2 Å². The molecule has 0 saturated carbocycles. The van der Waals surface area contributed by atoms with Gasteiger partial charge < -0.3 is 5.32 Å². The second kappa shape index (κ2) is 9.62. The molecule has 2 aliphatic heterocycles. The average molecular weight is 490 g/mol. The molecule has 0 unspecified atom stereocenters. The largest absolute Gasteiger partial charge is 0.317 e. The summed E-state index contributed by atoms with van der Waals surface area (Å²) in [6, 6.07) is 13.0. The predicted molar refractivity (Wildman–Crippen MR) is 138 cm³/mol. The van der Waals surface area contributed by atoms with Gasteiger partial charge in [-0.15, -0.1) is 0 Å². The molecule has 36 heavy (non-hydrogen) atoms. The molecule has 7 nitrogen and oxygen atoms in total. The molecule has 0 saturated heterocycles. The molecule has 190 valence electrons. The van der Waals surface area contributed by atoms with Gasteiger partial charge in [-0.05, 0) is 83.8 Å². The first-order valence-electron chi connectivity index (χ1n) is 12.6. The van der Waals surface area contributed by atoms with Gasteiger partial charge in [0.05, 0.1) is 10.8 Å². The Morgan fingerprint density at radius 3 is 1.78 bits per heavy atom. The number of imide groups is 2. The minimum absolute atomic E-state index is 0.171. The van der Waals surface area contributed by atoms with E-state index in [4.69, 9.17) is 0 Å². The van der Waals surface area contributed by atoms with Crippen LogP contribution in [0, 0.1) is 6.92 Å². The van der Waals surface area contributed by atoms with Gasteiger partial charge in [0.2, 0.25) is 11.8 Å². The molecular formula is C29H35N3O4.